The lowest BCUT2D eigenvalue weighted by Gasteiger charge is -2.32. The van der Waals surface area contributed by atoms with Gasteiger partial charge in [-0.05, 0) is 76.5 Å². The van der Waals surface area contributed by atoms with Gasteiger partial charge in [0.1, 0.15) is 5.75 Å². The molecule has 0 saturated carbocycles. The van der Waals surface area contributed by atoms with E-state index < -0.39 is 0 Å². The van der Waals surface area contributed by atoms with Crippen molar-refractivity contribution in [3.63, 3.8) is 0 Å². The van der Waals surface area contributed by atoms with Gasteiger partial charge in [-0.25, -0.2) is 0 Å². The third-order valence-electron chi connectivity index (χ3n) is 4.11. The van der Waals surface area contributed by atoms with Crippen LogP contribution in [0.3, 0.4) is 0 Å². The van der Waals surface area contributed by atoms with Gasteiger partial charge in [0.05, 0.1) is 6.10 Å². The van der Waals surface area contributed by atoms with Crippen LogP contribution in [-0.4, -0.2) is 37.7 Å². The van der Waals surface area contributed by atoms with Gasteiger partial charge in [-0.3, -0.25) is 0 Å². The summed E-state index contributed by atoms with van der Waals surface area (Å²) in [5.41, 5.74) is 6.83. The first-order valence-electron chi connectivity index (χ1n) is 7.33. The average Bonchev–Trinajstić information content (AvgIpc) is 2.42. The van der Waals surface area contributed by atoms with E-state index in [2.05, 4.69) is 43.1 Å². The molecule has 1 fully saturated rings. The van der Waals surface area contributed by atoms with Gasteiger partial charge in [0, 0.05) is 0 Å². The molecule has 0 aliphatic carbocycles. The second-order valence-electron chi connectivity index (χ2n) is 5.65. The van der Waals surface area contributed by atoms with Gasteiger partial charge in [0.2, 0.25) is 0 Å². The predicted molar refractivity (Wildman–Crippen MR) is 79.5 cm³/mol. The SMILES string of the molecule is CC(Oc1ccc(CCN)cc1)C1CCN(C)CC1. The molecule has 1 atom stereocenters. The van der Waals surface area contributed by atoms with Crippen molar-refractivity contribution in [1.82, 2.24) is 4.90 Å². The molecule has 1 unspecified atom stereocenters. The highest BCUT2D eigenvalue weighted by molar-refractivity contribution is 5.27. The summed E-state index contributed by atoms with van der Waals surface area (Å²) in [6.07, 6.45) is 3.71. The first-order chi connectivity index (χ1) is 9.19. The fourth-order valence-electron chi connectivity index (χ4n) is 2.71. The molecule has 1 aromatic carbocycles. The summed E-state index contributed by atoms with van der Waals surface area (Å²) in [6, 6.07) is 8.36. The molecule has 2 rings (SSSR count). The number of likely N-dealkylation sites (tertiary alicyclic amines) is 1. The third-order valence-corrected chi connectivity index (χ3v) is 4.11. The molecule has 19 heavy (non-hydrogen) atoms. The molecule has 3 nitrogen and oxygen atoms in total. The van der Waals surface area contributed by atoms with Crippen molar-refractivity contribution >= 4 is 0 Å². The number of piperidine rings is 1. The number of ether oxygens (including phenoxy) is 1. The molecule has 0 amide bonds. The monoisotopic (exact) mass is 262 g/mol. The molecule has 0 spiro atoms. The largest absolute Gasteiger partial charge is 0.490 e. The second kappa shape index (κ2) is 6.92. The number of hydrogen-bond acceptors (Lipinski definition) is 3. The molecular weight excluding hydrogens is 236 g/mol. The molecule has 1 aliphatic rings. The Hall–Kier alpha value is -1.06. The normalized spacial score (nSPS) is 19.3. The smallest absolute Gasteiger partial charge is 0.119 e. The average molecular weight is 262 g/mol. The molecule has 1 saturated heterocycles. The van der Waals surface area contributed by atoms with Crippen molar-refractivity contribution in [3.8, 4) is 5.75 Å². The fourth-order valence-corrected chi connectivity index (χ4v) is 2.71. The lowest BCUT2D eigenvalue weighted by Crippen LogP contribution is -2.36. The van der Waals surface area contributed by atoms with E-state index in [0.29, 0.717) is 18.6 Å². The van der Waals surface area contributed by atoms with Crippen molar-refractivity contribution < 1.29 is 4.74 Å². The van der Waals surface area contributed by atoms with E-state index in [1.54, 1.807) is 0 Å². The maximum Gasteiger partial charge on any atom is 0.119 e. The van der Waals surface area contributed by atoms with Crippen LogP contribution in [0.2, 0.25) is 0 Å². The van der Waals surface area contributed by atoms with Gasteiger partial charge < -0.3 is 15.4 Å². The van der Waals surface area contributed by atoms with Crippen molar-refractivity contribution in [2.45, 2.75) is 32.3 Å². The number of nitrogens with zero attached hydrogens (tertiary/aromatic N) is 1. The van der Waals surface area contributed by atoms with E-state index in [4.69, 9.17) is 10.5 Å². The predicted octanol–water partition coefficient (Wildman–Crippen LogP) is 2.30. The number of hydrogen-bond donors (Lipinski definition) is 1. The topological polar surface area (TPSA) is 38.5 Å². The molecule has 3 heteroatoms. The molecule has 0 bridgehead atoms. The summed E-state index contributed by atoms with van der Waals surface area (Å²) in [7, 11) is 2.19. The molecule has 0 aromatic heterocycles. The van der Waals surface area contributed by atoms with Crippen molar-refractivity contribution in [1.29, 1.82) is 0 Å². The van der Waals surface area contributed by atoms with E-state index in [-0.39, 0.29) is 0 Å². The van der Waals surface area contributed by atoms with Crippen LogP contribution in [0.4, 0.5) is 0 Å². The Morgan fingerprint density at radius 3 is 2.47 bits per heavy atom. The first kappa shape index (κ1) is 14.4. The molecule has 0 radical (unpaired) electrons. The van der Waals surface area contributed by atoms with Gasteiger partial charge >= 0.3 is 0 Å². The standard InChI is InChI=1S/C16H26N2O/c1-13(15-8-11-18(2)12-9-15)19-16-5-3-14(4-6-16)7-10-17/h3-6,13,15H,7-12,17H2,1-2H3. The van der Waals surface area contributed by atoms with Crippen molar-refractivity contribution in [2.24, 2.45) is 11.7 Å². The van der Waals surface area contributed by atoms with E-state index in [1.807, 2.05) is 0 Å². The summed E-state index contributed by atoms with van der Waals surface area (Å²) in [5, 5.41) is 0. The maximum absolute atomic E-state index is 6.07. The van der Waals surface area contributed by atoms with Gasteiger partial charge in [0.25, 0.3) is 0 Å². The Labute approximate surface area is 116 Å². The summed E-state index contributed by atoms with van der Waals surface area (Å²) in [6.45, 7) is 5.28. The highest BCUT2D eigenvalue weighted by Gasteiger charge is 2.23. The second-order valence-corrected chi connectivity index (χ2v) is 5.65. The summed E-state index contributed by atoms with van der Waals surface area (Å²) < 4.78 is 6.07. The molecule has 106 valence electrons. The van der Waals surface area contributed by atoms with Crippen LogP contribution in [0.15, 0.2) is 24.3 Å². The van der Waals surface area contributed by atoms with Crippen LogP contribution in [0.5, 0.6) is 5.75 Å². The Kier molecular flexibility index (Phi) is 5.23. The number of benzene rings is 1. The Morgan fingerprint density at radius 1 is 1.26 bits per heavy atom. The highest BCUT2D eigenvalue weighted by atomic mass is 16.5. The van der Waals surface area contributed by atoms with E-state index in [1.165, 1.54) is 31.5 Å². The minimum Gasteiger partial charge on any atom is -0.490 e. The Morgan fingerprint density at radius 2 is 1.89 bits per heavy atom. The van der Waals surface area contributed by atoms with Gasteiger partial charge in [-0.15, -0.1) is 0 Å². The van der Waals surface area contributed by atoms with Crippen LogP contribution >= 0.6 is 0 Å². The highest BCUT2D eigenvalue weighted by Crippen LogP contribution is 2.24. The van der Waals surface area contributed by atoms with E-state index in [0.717, 1.165) is 12.2 Å². The van der Waals surface area contributed by atoms with Crippen LogP contribution in [0, 0.1) is 5.92 Å². The van der Waals surface area contributed by atoms with Gasteiger partial charge in [0.15, 0.2) is 0 Å². The maximum atomic E-state index is 6.07. The Balaban J connectivity index is 1.86. The molecule has 1 aromatic rings. The molecule has 2 N–H and O–H groups in total. The van der Waals surface area contributed by atoms with E-state index >= 15 is 0 Å². The molecular formula is C16H26N2O. The van der Waals surface area contributed by atoms with E-state index in [9.17, 15) is 0 Å². The number of nitrogens with two attached hydrogens (primary N) is 1. The quantitative estimate of drug-likeness (QED) is 0.885. The minimum absolute atomic E-state index is 0.300. The molecule has 1 heterocycles. The zero-order valence-electron chi connectivity index (χ0n) is 12.1. The van der Waals surface area contributed by atoms with Crippen LogP contribution < -0.4 is 10.5 Å². The van der Waals surface area contributed by atoms with Crippen LogP contribution in [0.25, 0.3) is 0 Å². The Bertz CT molecular complexity index is 369. The zero-order valence-corrected chi connectivity index (χ0v) is 12.1. The molecule has 1 aliphatic heterocycles. The van der Waals surface area contributed by atoms with Gasteiger partial charge in [-0.1, -0.05) is 12.1 Å². The summed E-state index contributed by atoms with van der Waals surface area (Å²) in [5.74, 6) is 1.66. The third kappa shape index (κ3) is 4.22. The summed E-state index contributed by atoms with van der Waals surface area (Å²) >= 11 is 0. The minimum atomic E-state index is 0.300. The zero-order chi connectivity index (χ0) is 13.7. The van der Waals surface area contributed by atoms with Crippen molar-refractivity contribution in [3.05, 3.63) is 29.8 Å². The summed E-state index contributed by atoms with van der Waals surface area (Å²) in [4.78, 5) is 2.39. The van der Waals surface area contributed by atoms with Crippen LogP contribution in [0.1, 0.15) is 25.3 Å². The number of rotatable bonds is 5. The van der Waals surface area contributed by atoms with Crippen molar-refractivity contribution in [2.75, 3.05) is 26.7 Å². The lowest BCUT2D eigenvalue weighted by atomic mass is 9.92. The fraction of sp³-hybridized carbons (Fsp3) is 0.625. The first-order valence-corrected chi connectivity index (χ1v) is 7.33. The lowest BCUT2D eigenvalue weighted by molar-refractivity contribution is 0.0977. The van der Waals surface area contributed by atoms with Gasteiger partial charge in [-0.2, -0.15) is 0 Å². The van der Waals surface area contributed by atoms with Crippen LogP contribution in [-0.2, 0) is 6.42 Å².